The van der Waals surface area contributed by atoms with Crippen molar-refractivity contribution >= 4 is 40.1 Å². The summed E-state index contributed by atoms with van der Waals surface area (Å²) in [4.78, 5) is 65.8. The summed E-state index contributed by atoms with van der Waals surface area (Å²) in [5, 5.41) is 7.70. The molecular weight excluding hydrogens is 484 g/mol. The zero-order valence-electron chi connectivity index (χ0n) is 22.4. The normalized spacial score (nSPS) is 16.2. The first-order valence-corrected chi connectivity index (χ1v) is 13.2. The summed E-state index contributed by atoms with van der Waals surface area (Å²) in [6.45, 7) is 6.00. The van der Waals surface area contributed by atoms with Crippen LogP contribution in [0.2, 0.25) is 0 Å². The van der Waals surface area contributed by atoms with Crippen LogP contribution in [0.1, 0.15) is 52.0 Å². The van der Waals surface area contributed by atoms with E-state index in [1.807, 2.05) is 42.5 Å². The molecule has 3 amide bonds. The van der Waals surface area contributed by atoms with Gasteiger partial charge in [-0.2, -0.15) is 0 Å². The molecule has 9 nitrogen and oxygen atoms in total. The number of carbonyl (C=O) groups excluding carboxylic acids is 5. The molecule has 1 fully saturated rings. The maximum absolute atomic E-state index is 13.4. The number of likely N-dealkylation sites (tertiary alicyclic amines) is 1. The topological polar surface area (TPSA) is 139 Å². The van der Waals surface area contributed by atoms with Gasteiger partial charge in [0, 0.05) is 24.9 Å². The highest BCUT2D eigenvalue weighted by molar-refractivity contribution is 6.64. The third-order valence-electron chi connectivity index (χ3n) is 7.28. The maximum atomic E-state index is 13.4. The number of ketones is 2. The molecule has 4 N–H and O–H groups in total. The van der Waals surface area contributed by atoms with Crippen LogP contribution in [0.4, 0.5) is 0 Å². The standard InChI is InChI=1S/C29H38N4O5/c1-4-29(2,3)25(35)24(34)28(38)33-16-7-11-23(33)27(37)32-22(26(36)31-15-8-14-30)18-19-12-13-20-9-5-6-10-21(20)17-19/h5-6,9-10,12-13,17,22-23H,4,7-8,11,14-16,18,30H2,1-3H3,(H,31,36)(H,32,37)/t22-,23?/m1/s1. The summed E-state index contributed by atoms with van der Waals surface area (Å²) in [6.07, 6.45) is 2.10. The fraction of sp³-hybridized carbons (Fsp3) is 0.483. The van der Waals surface area contributed by atoms with Gasteiger partial charge >= 0.3 is 0 Å². The zero-order valence-corrected chi connectivity index (χ0v) is 22.4. The van der Waals surface area contributed by atoms with Crippen molar-refractivity contribution in [2.45, 2.75) is 65.0 Å². The zero-order chi connectivity index (χ0) is 27.9. The Morgan fingerprint density at radius 3 is 2.47 bits per heavy atom. The summed E-state index contributed by atoms with van der Waals surface area (Å²) >= 11 is 0. The largest absolute Gasteiger partial charge is 0.354 e. The number of nitrogens with zero attached hydrogens (tertiary/aromatic N) is 1. The second-order valence-corrected chi connectivity index (χ2v) is 10.4. The second kappa shape index (κ2) is 12.8. The highest BCUT2D eigenvalue weighted by Crippen LogP contribution is 2.24. The first-order chi connectivity index (χ1) is 18.1. The minimum absolute atomic E-state index is 0.195. The van der Waals surface area contributed by atoms with Crippen LogP contribution < -0.4 is 16.4 Å². The quantitative estimate of drug-likeness (QED) is 0.221. The molecule has 0 aliphatic carbocycles. The molecule has 0 radical (unpaired) electrons. The predicted molar refractivity (Wildman–Crippen MR) is 145 cm³/mol. The minimum atomic E-state index is -1.11. The Bertz CT molecular complexity index is 1210. The molecule has 9 heteroatoms. The van der Waals surface area contributed by atoms with Gasteiger partial charge in [-0.1, -0.05) is 63.2 Å². The smallest absolute Gasteiger partial charge is 0.298 e. The first kappa shape index (κ1) is 29.0. The Hall–Kier alpha value is -3.59. The van der Waals surface area contributed by atoms with E-state index in [4.69, 9.17) is 5.73 Å². The van der Waals surface area contributed by atoms with Gasteiger partial charge in [0.15, 0.2) is 0 Å². The van der Waals surface area contributed by atoms with Gasteiger partial charge in [0.05, 0.1) is 0 Å². The second-order valence-electron chi connectivity index (χ2n) is 10.4. The van der Waals surface area contributed by atoms with Crippen molar-refractivity contribution in [3.05, 3.63) is 48.0 Å². The van der Waals surface area contributed by atoms with Crippen LogP contribution in [0.15, 0.2) is 42.5 Å². The summed E-state index contributed by atoms with van der Waals surface area (Å²) in [5.74, 6) is -3.71. The molecule has 0 spiro atoms. The first-order valence-electron chi connectivity index (χ1n) is 13.2. The van der Waals surface area contributed by atoms with E-state index in [9.17, 15) is 24.0 Å². The van der Waals surface area contributed by atoms with E-state index in [1.165, 1.54) is 4.90 Å². The van der Waals surface area contributed by atoms with Gasteiger partial charge in [-0.25, -0.2) is 0 Å². The van der Waals surface area contributed by atoms with Gasteiger partial charge < -0.3 is 21.3 Å². The minimum Gasteiger partial charge on any atom is -0.354 e. The van der Waals surface area contributed by atoms with Gasteiger partial charge in [-0.05, 0) is 48.6 Å². The Labute approximate surface area is 223 Å². The van der Waals surface area contributed by atoms with Crippen LogP contribution in [0.5, 0.6) is 0 Å². The van der Waals surface area contributed by atoms with Crippen LogP contribution in [0.3, 0.4) is 0 Å². The Morgan fingerprint density at radius 2 is 1.79 bits per heavy atom. The average Bonchev–Trinajstić information content (AvgIpc) is 3.41. The summed E-state index contributed by atoms with van der Waals surface area (Å²) in [5.41, 5.74) is 5.45. The number of benzene rings is 2. The number of nitrogens with two attached hydrogens (primary N) is 1. The van der Waals surface area contributed by atoms with Gasteiger partial charge in [0.2, 0.25) is 17.6 Å². The van der Waals surface area contributed by atoms with Crippen molar-refractivity contribution in [2.75, 3.05) is 19.6 Å². The monoisotopic (exact) mass is 522 g/mol. The highest BCUT2D eigenvalue weighted by atomic mass is 16.2. The highest BCUT2D eigenvalue weighted by Gasteiger charge is 2.42. The lowest BCUT2D eigenvalue weighted by Gasteiger charge is -2.27. The number of rotatable bonds is 12. The molecule has 1 unspecified atom stereocenters. The number of hydrogen-bond donors (Lipinski definition) is 3. The van der Waals surface area contributed by atoms with Crippen molar-refractivity contribution in [3.8, 4) is 0 Å². The number of amides is 3. The van der Waals surface area contributed by atoms with Crippen LogP contribution >= 0.6 is 0 Å². The molecule has 2 aromatic carbocycles. The number of carbonyl (C=O) groups is 5. The lowest BCUT2D eigenvalue weighted by Crippen LogP contribution is -2.55. The molecule has 0 saturated carbocycles. The molecule has 3 rings (SSSR count). The SMILES string of the molecule is CCC(C)(C)C(=O)C(=O)C(=O)N1CCCC1C(=O)N[C@H](Cc1ccc2ccccc2c1)C(=O)NCCCN. The van der Waals surface area contributed by atoms with E-state index in [2.05, 4.69) is 10.6 Å². The molecule has 1 saturated heterocycles. The van der Waals surface area contributed by atoms with Gasteiger partial charge in [0.25, 0.3) is 11.7 Å². The molecule has 1 aliphatic heterocycles. The molecule has 0 bridgehead atoms. The number of hydrogen-bond acceptors (Lipinski definition) is 6. The lowest BCUT2D eigenvalue weighted by atomic mass is 9.83. The molecule has 1 aliphatic rings. The van der Waals surface area contributed by atoms with Crippen LogP contribution in [-0.2, 0) is 30.4 Å². The van der Waals surface area contributed by atoms with E-state index >= 15 is 0 Å². The van der Waals surface area contributed by atoms with Crippen LogP contribution in [-0.4, -0.2) is 65.9 Å². The van der Waals surface area contributed by atoms with E-state index in [0.717, 1.165) is 16.3 Å². The van der Waals surface area contributed by atoms with Crippen LogP contribution in [0.25, 0.3) is 10.8 Å². The fourth-order valence-corrected chi connectivity index (χ4v) is 4.49. The van der Waals surface area contributed by atoms with E-state index in [1.54, 1.807) is 20.8 Å². The number of fused-ring (bicyclic) bond motifs is 1. The van der Waals surface area contributed by atoms with E-state index in [-0.39, 0.29) is 18.9 Å². The van der Waals surface area contributed by atoms with Gasteiger partial charge in [0.1, 0.15) is 12.1 Å². The van der Waals surface area contributed by atoms with Gasteiger partial charge in [-0.15, -0.1) is 0 Å². The average molecular weight is 523 g/mol. The Balaban J connectivity index is 1.77. The third-order valence-corrected chi connectivity index (χ3v) is 7.28. The predicted octanol–water partition coefficient (Wildman–Crippen LogP) is 1.90. The van der Waals surface area contributed by atoms with Crippen molar-refractivity contribution in [2.24, 2.45) is 11.1 Å². The fourth-order valence-electron chi connectivity index (χ4n) is 4.49. The summed E-state index contributed by atoms with van der Waals surface area (Å²) < 4.78 is 0. The maximum Gasteiger partial charge on any atom is 0.298 e. The molecule has 2 aromatic rings. The van der Waals surface area contributed by atoms with E-state index in [0.29, 0.717) is 38.8 Å². The van der Waals surface area contributed by atoms with Crippen molar-refractivity contribution in [1.29, 1.82) is 0 Å². The number of Topliss-reactive ketones (excluding diaryl/α,β-unsaturated/α-hetero) is 2. The molecule has 1 heterocycles. The number of nitrogens with one attached hydrogen (secondary N) is 2. The van der Waals surface area contributed by atoms with Crippen molar-refractivity contribution in [3.63, 3.8) is 0 Å². The molecule has 0 aromatic heterocycles. The molecular formula is C29H38N4O5. The Morgan fingerprint density at radius 1 is 1.08 bits per heavy atom. The van der Waals surface area contributed by atoms with Gasteiger partial charge in [-0.3, -0.25) is 24.0 Å². The Kier molecular flexibility index (Phi) is 9.74. The summed E-state index contributed by atoms with van der Waals surface area (Å²) in [6, 6.07) is 11.9. The molecule has 38 heavy (non-hydrogen) atoms. The molecule has 2 atom stereocenters. The third kappa shape index (κ3) is 6.83. The van der Waals surface area contributed by atoms with Crippen molar-refractivity contribution in [1.82, 2.24) is 15.5 Å². The lowest BCUT2D eigenvalue weighted by molar-refractivity contribution is -0.153. The molecule has 204 valence electrons. The van der Waals surface area contributed by atoms with E-state index < -0.39 is 40.9 Å². The van der Waals surface area contributed by atoms with Crippen molar-refractivity contribution < 1.29 is 24.0 Å². The van der Waals surface area contributed by atoms with Crippen LogP contribution in [0, 0.1) is 5.41 Å². The summed E-state index contributed by atoms with van der Waals surface area (Å²) in [7, 11) is 0.